The van der Waals surface area contributed by atoms with Crippen LogP contribution in [0.2, 0.25) is 0 Å². The number of benzene rings is 1. The predicted molar refractivity (Wildman–Crippen MR) is 73.7 cm³/mol. The molecule has 0 unspecified atom stereocenters. The largest absolute Gasteiger partial charge is 0.298 e. The van der Waals surface area contributed by atoms with Gasteiger partial charge >= 0.3 is 0 Å². The van der Waals surface area contributed by atoms with E-state index in [1.807, 2.05) is 30.3 Å². The highest BCUT2D eigenvalue weighted by Gasteiger charge is 2.13. The Hall–Kier alpha value is -2.14. The Morgan fingerprint density at radius 2 is 2.00 bits per heavy atom. The van der Waals surface area contributed by atoms with Crippen LogP contribution in [0.15, 0.2) is 41.3 Å². The summed E-state index contributed by atoms with van der Waals surface area (Å²) in [5, 5.41) is 4.73. The molecular weight excluding hydrogens is 264 g/mol. The molecule has 0 bridgehead atoms. The molecule has 2 heterocycles. The highest BCUT2D eigenvalue weighted by atomic mass is 35.5. The molecule has 19 heavy (non-hydrogen) atoms. The molecule has 0 aliphatic carbocycles. The van der Waals surface area contributed by atoms with E-state index in [-0.39, 0.29) is 11.4 Å². The van der Waals surface area contributed by atoms with Crippen LogP contribution < -0.4 is 5.56 Å². The summed E-state index contributed by atoms with van der Waals surface area (Å²) in [6, 6.07) is 9.56. The van der Waals surface area contributed by atoms with Crippen molar-refractivity contribution in [2.75, 3.05) is 0 Å². The molecule has 0 atom stereocenters. The van der Waals surface area contributed by atoms with Gasteiger partial charge in [0.2, 0.25) is 0 Å². The number of hydrogen-bond donors (Lipinski definition) is 0. The number of rotatable bonds is 2. The van der Waals surface area contributed by atoms with Gasteiger partial charge in [0, 0.05) is 7.05 Å². The maximum absolute atomic E-state index is 12.2. The van der Waals surface area contributed by atoms with E-state index in [0.717, 1.165) is 5.69 Å². The summed E-state index contributed by atoms with van der Waals surface area (Å²) >= 11 is 5.82. The molecule has 2 aromatic heterocycles. The second kappa shape index (κ2) is 4.51. The molecule has 0 aliphatic heterocycles. The molecule has 0 spiro atoms. The van der Waals surface area contributed by atoms with Crippen LogP contribution in [-0.4, -0.2) is 19.3 Å². The van der Waals surface area contributed by atoms with Gasteiger partial charge in [-0.2, -0.15) is 5.10 Å². The minimum atomic E-state index is -0.136. The molecule has 1 aromatic carbocycles. The average Bonchev–Trinajstić information content (AvgIpc) is 2.87. The van der Waals surface area contributed by atoms with Gasteiger partial charge in [-0.1, -0.05) is 18.2 Å². The van der Waals surface area contributed by atoms with Crippen molar-refractivity contribution in [1.29, 1.82) is 0 Å². The van der Waals surface area contributed by atoms with E-state index in [2.05, 4.69) is 10.1 Å². The van der Waals surface area contributed by atoms with Gasteiger partial charge in [0.25, 0.3) is 5.56 Å². The smallest absolute Gasteiger partial charge is 0.264 e. The van der Waals surface area contributed by atoms with Crippen molar-refractivity contribution < 1.29 is 0 Å². The summed E-state index contributed by atoms with van der Waals surface area (Å²) in [4.78, 5) is 16.6. The second-order valence-electron chi connectivity index (χ2n) is 4.16. The van der Waals surface area contributed by atoms with E-state index in [4.69, 9.17) is 11.6 Å². The Morgan fingerprint density at radius 1 is 1.26 bits per heavy atom. The topological polar surface area (TPSA) is 52.7 Å². The lowest BCUT2D eigenvalue weighted by molar-refractivity contribution is 0.776. The van der Waals surface area contributed by atoms with E-state index in [9.17, 15) is 4.79 Å². The highest BCUT2D eigenvalue weighted by Crippen LogP contribution is 2.14. The molecule has 0 aliphatic rings. The maximum atomic E-state index is 12.2. The van der Waals surface area contributed by atoms with Gasteiger partial charge in [0.1, 0.15) is 11.2 Å². The van der Waals surface area contributed by atoms with Crippen LogP contribution in [0.4, 0.5) is 0 Å². The predicted octanol–water partition coefficient (Wildman–Crippen LogP) is 1.86. The van der Waals surface area contributed by atoms with Gasteiger partial charge in [-0.05, 0) is 12.1 Å². The maximum Gasteiger partial charge on any atom is 0.264 e. The quantitative estimate of drug-likeness (QED) is 0.670. The number of alkyl halides is 1. The third kappa shape index (κ3) is 1.82. The normalized spacial score (nSPS) is 11.1. The summed E-state index contributed by atoms with van der Waals surface area (Å²) in [6.07, 6.45) is 1.54. The van der Waals surface area contributed by atoms with Gasteiger partial charge in [-0.15, -0.1) is 11.6 Å². The Morgan fingerprint density at radius 3 is 2.68 bits per heavy atom. The Bertz CT molecular complexity index is 792. The fourth-order valence-corrected chi connectivity index (χ4v) is 2.21. The number of aromatic nitrogens is 4. The van der Waals surface area contributed by atoms with Crippen LogP contribution in [0.1, 0.15) is 5.82 Å². The van der Waals surface area contributed by atoms with E-state index >= 15 is 0 Å². The molecular formula is C13H11ClN4O. The van der Waals surface area contributed by atoms with Crippen molar-refractivity contribution in [3.8, 4) is 5.69 Å². The van der Waals surface area contributed by atoms with Crippen LogP contribution in [0, 0.1) is 0 Å². The van der Waals surface area contributed by atoms with E-state index in [0.29, 0.717) is 16.9 Å². The van der Waals surface area contributed by atoms with Crippen LogP contribution >= 0.6 is 11.6 Å². The lowest BCUT2D eigenvalue weighted by Crippen LogP contribution is -2.21. The second-order valence-corrected chi connectivity index (χ2v) is 4.42. The molecule has 0 fully saturated rings. The van der Waals surface area contributed by atoms with Crippen molar-refractivity contribution >= 4 is 22.6 Å². The zero-order valence-electron chi connectivity index (χ0n) is 10.2. The first-order valence-electron chi connectivity index (χ1n) is 5.77. The van der Waals surface area contributed by atoms with Gasteiger partial charge in [-0.3, -0.25) is 9.36 Å². The van der Waals surface area contributed by atoms with Crippen LogP contribution in [-0.2, 0) is 12.9 Å². The third-order valence-corrected chi connectivity index (χ3v) is 3.26. The van der Waals surface area contributed by atoms with Crippen molar-refractivity contribution in [3.05, 3.63) is 52.7 Å². The first-order valence-corrected chi connectivity index (χ1v) is 6.31. The monoisotopic (exact) mass is 274 g/mol. The molecule has 3 aromatic rings. The molecule has 0 saturated carbocycles. The van der Waals surface area contributed by atoms with Crippen LogP contribution in [0.3, 0.4) is 0 Å². The van der Waals surface area contributed by atoms with Gasteiger partial charge in [0.05, 0.1) is 17.8 Å². The van der Waals surface area contributed by atoms with Gasteiger partial charge < -0.3 is 0 Å². The number of hydrogen-bond acceptors (Lipinski definition) is 3. The zero-order chi connectivity index (χ0) is 13.4. The van der Waals surface area contributed by atoms with E-state index < -0.39 is 0 Å². The minimum Gasteiger partial charge on any atom is -0.298 e. The van der Waals surface area contributed by atoms with Crippen molar-refractivity contribution in [2.24, 2.45) is 7.05 Å². The number of fused-ring (bicyclic) bond motifs is 1. The Labute approximate surface area is 114 Å². The first-order chi connectivity index (χ1) is 9.22. The standard InChI is InChI=1S/C13H11ClN4O/c1-17-11(7-14)16-12-10(13(17)19)8-15-18(12)9-5-3-2-4-6-9/h2-6,8H,7H2,1H3. The fraction of sp³-hybridized carbons (Fsp3) is 0.154. The lowest BCUT2D eigenvalue weighted by Gasteiger charge is -2.06. The molecule has 5 nitrogen and oxygen atoms in total. The molecule has 6 heteroatoms. The summed E-state index contributed by atoms with van der Waals surface area (Å²) in [5.41, 5.74) is 1.26. The average molecular weight is 275 g/mol. The minimum absolute atomic E-state index is 0.136. The van der Waals surface area contributed by atoms with Crippen molar-refractivity contribution in [2.45, 2.75) is 5.88 Å². The molecule has 0 N–H and O–H groups in total. The molecule has 0 amide bonds. The molecule has 0 saturated heterocycles. The fourth-order valence-electron chi connectivity index (χ4n) is 1.97. The highest BCUT2D eigenvalue weighted by molar-refractivity contribution is 6.16. The van der Waals surface area contributed by atoms with Crippen LogP contribution in [0.5, 0.6) is 0 Å². The van der Waals surface area contributed by atoms with E-state index in [1.54, 1.807) is 11.7 Å². The molecule has 3 rings (SSSR count). The summed E-state index contributed by atoms with van der Waals surface area (Å²) in [5.74, 6) is 0.707. The molecule has 0 radical (unpaired) electrons. The number of nitrogens with zero attached hydrogens (tertiary/aromatic N) is 4. The van der Waals surface area contributed by atoms with Gasteiger partial charge in [-0.25, -0.2) is 9.67 Å². The summed E-state index contributed by atoms with van der Waals surface area (Å²) in [6.45, 7) is 0. The van der Waals surface area contributed by atoms with E-state index in [1.165, 1.54) is 10.8 Å². The Balaban J connectivity index is 2.35. The summed E-state index contributed by atoms with van der Waals surface area (Å²) in [7, 11) is 1.66. The first kappa shape index (κ1) is 11.9. The third-order valence-electron chi connectivity index (χ3n) is 3.02. The number of para-hydroxylation sites is 1. The lowest BCUT2D eigenvalue weighted by atomic mass is 10.3. The van der Waals surface area contributed by atoms with Crippen LogP contribution in [0.25, 0.3) is 16.7 Å². The van der Waals surface area contributed by atoms with Gasteiger partial charge in [0.15, 0.2) is 5.65 Å². The Kier molecular flexibility index (Phi) is 2.83. The number of halogens is 1. The van der Waals surface area contributed by atoms with Crippen molar-refractivity contribution in [3.63, 3.8) is 0 Å². The van der Waals surface area contributed by atoms with Crippen molar-refractivity contribution in [1.82, 2.24) is 19.3 Å². The summed E-state index contributed by atoms with van der Waals surface area (Å²) < 4.78 is 3.10. The zero-order valence-corrected chi connectivity index (χ0v) is 11.0. The SMILES string of the molecule is Cn1c(CCl)nc2c(cnn2-c2ccccc2)c1=O. The molecule has 96 valence electrons.